The van der Waals surface area contributed by atoms with Crippen molar-refractivity contribution >= 4 is 22.7 Å². The van der Waals surface area contributed by atoms with Gasteiger partial charge in [-0.1, -0.05) is 96.1 Å². The van der Waals surface area contributed by atoms with Crippen molar-refractivity contribution in [3.8, 4) is 0 Å². The number of hydrogen-bond donors (Lipinski definition) is 0. The van der Waals surface area contributed by atoms with Crippen molar-refractivity contribution in [2.45, 2.75) is 26.9 Å². The van der Waals surface area contributed by atoms with E-state index in [1.54, 1.807) is 0 Å². The molecule has 0 heterocycles. The van der Waals surface area contributed by atoms with Gasteiger partial charge in [0, 0.05) is 35.8 Å². The summed E-state index contributed by atoms with van der Waals surface area (Å²) in [5.74, 6) is 0. The van der Waals surface area contributed by atoms with E-state index < -0.39 is 0 Å². The third-order valence-electron chi connectivity index (χ3n) is 6.53. The average Bonchev–Trinajstić information content (AvgIpc) is 2.93. The molecule has 0 aliphatic heterocycles. The van der Waals surface area contributed by atoms with Gasteiger partial charge in [-0.3, -0.25) is 0 Å². The van der Waals surface area contributed by atoms with E-state index in [-0.39, 0.29) is 0 Å². The maximum absolute atomic E-state index is 2.37. The maximum atomic E-state index is 2.37. The fraction of sp³-hybridized carbons (Fsp3) is 0.118. The van der Waals surface area contributed by atoms with Crippen molar-refractivity contribution in [2.24, 2.45) is 0 Å². The summed E-state index contributed by atoms with van der Waals surface area (Å²) in [7, 11) is 0. The summed E-state index contributed by atoms with van der Waals surface area (Å²) in [6, 6.07) is 47.8. The SMILES string of the molecule is Cc1ccc(N(Cc2ccc(CN(c3ccccc3)c3ccc(C)cc3)cc2)c2ccccc2)cc1. The van der Waals surface area contributed by atoms with E-state index in [1.807, 2.05) is 0 Å². The molecule has 36 heavy (non-hydrogen) atoms. The molecule has 0 amide bonds. The molecule has 0 aliphatic rings. The van der Waals surface area contributed by atoms with E-state index in [0.29, 0.717) is 0 Å². The fourth-order valence-electron chi connectivity index (χ4n) is 4.44. The summed E-state index contributed by atoms with van der Waals surface area (Å²) in [4.78, 5) is 4.74. The predicted molar refractivity (Wildman–Crippen MR) is 153 cm³/mol. The van der Waals surface area contributed by atoms with Gasteiger partial charge in [-0.05, 0) is 73.5 Å². The minimum absolute atomic E-state index is 0.813. The summed E-state index contributed by atoms with van der Waals surface area (Å²) in [5, 5.41) is 0. The second-order valence-corrected chi connectivity index (χ2v) is 9.33. The molecular formula is C34H32N2. The Kier molecular flexibility index (Phi) is 7.14. The summed E-state index contributed by atoms with van der Waals surface area (Å²) in [6.07, 6.45) is 0. The van der Waals surface area contributed by atoms with Gasteiger partial charge in [0.15, 0.2) is 0 Å². The molecule has 2 heteroatoms. The van der Waals surface area contributed by atoms with E-state index in [2.05, 4.69) is 157 Å². The molecule has 0 saturated carbocycles. The van der Waals surface area contributed by atoms with Gasteiger partial charge in [0.1, 0.15) is 0 Å². The Morgan fingerprint density at radius 1 is 0.361 bits per heavy atom. The Morgan fingerprint density at radius 2 is 0.667 bits per heavy atom. The Labute approximate surface area is 215 Å². The molecule has 0 saturated heterocycles. The van der Waals surface area contributed by atoms with E-state index in [0.717, 1.165) is 13.1 Å². The van der Waals surface area contributed by atoms with E-state index >= 15 is 0 Å². The Morgan fingerprint density at radius 3 is 1.00 bits per heavy atom. The van der Waals surface area contributed by atoms with Gasteiger partial charge in [0.05, 0.1) is 0 Å². The molecule has 0 N–H and O–H groups in total. The van der Waals surface area contributed by atoms with Gasteiger partial charge in [0.2, 0.25) is 0 Å². The standard InChI is InChI=1S/C34H32N2/c1-27-13-21-33(22-14-27)35(31-9-5-3-6-10-31)25-29-17-19-30(20-18-29)26-36(32-11-7-4-8-12-32)34-23-15-28(2)16-24-34/h3-24H,25-26H2,1-2H3. The smallest absolute Gasteiger partial charge is 0.0481 e. The predicted octanol–water partition coefficient (Wildman–Crippen LogP) is 8.98. The first-order valence-corrected chi connectivity index (χ1v) is 12.5. The lowest BCUT2D eigenvalue weighted by Gasteiger charge is -2.27. The zero-order valence-electron chi connectivity index (χ0n) is 21.0. The molecule has 0 spiro atoms. The number of benzene rings is 5. The number of hydrogen-bond acceptors (Lipinski definition) is 2. The zero-order valence-corrected chi connectivity index (χ0v) is 21.0. The fourth-order valence-corrected chi connectivity index (χ4v) is 4.44. The molecule has 5 aromatic rings. The van der Waals surface area contributed by atoms with Gasteiger partial charge in [0.25, 0.3) is 0 Å². The van der Waals surface area contributed by atoms with Crippen molar-refractivity contribution < 1.29 is 0 Å². The second kappa shape index (κ2) is 11.0. The van der Waals surface area contributed by atoms with Crippen LogP contribution in [0.2, 0.25) is 0 Å². The van der Waals surface area contributed by atoms with Crippen molar-refractivity contribution in [1.29, 1.82) is 0 Å². The lowest BCUT2D eigenvalue weighted by molar-refractivity contribution is 0.954. The van der Waals surface area contributed by atoms with Crippen LogP contribution in [-0.2, 0) is 13.1 Å². The van der Waals surface area contributed by atoms with Crippen LogP contribution in [0.3, 0.4) is 0 Å². The second-order valence-electron chi connectivity index (χ2n) is 9.33. The summed E-state index contributed by atoms with van der Waals surface area (Å²) >= 11 is 0. The molecule has 2 nitrogen and oxygen atoms in total. The van der Waals surface area contributed by atoms with Crippen LogP contribution in [0.4, 0.5) is 22.7 Å². The number of rotatable bonds is 8. The molecule has 0 unspecified atom stereocenters. The Balaban J connectivity index is 1.39. The third kappa shape index (κ3) is 5.67. The van der Waals surface area contributed by atoms with Crippen LogP contribution in [0.25, 0.3) is 0 Å². The zero-order chi connectivity index (χ0) is 24.7. The number of aryl methyl sites for hydroxylation is 2. The largest absolute Gasteiger partial charge is 0.337 e. The van der Waals surface area contributed by atoms with Crippen LogP contribution in [0.5, 0.6) is 0 Å². The van der Waals surface area contributed by atoms with Crippen LogP contribution in [-0.4, -0.2) is 0 Å². The number of para-hydroxylation sites is 2. The van der Waals surface area contributed by atoms with Crippen LogP contribution < -0.4 is 9.80 Å². The Bertz CT molecular complexity index is 1250. The van der Waals surface area contributed by atoms with E-state index in [9.17, 15) is 0 Å². The minimum Gasteiger partial charge on any atom is -0.337 e. The third-order valence-corrected chi connectivity index (χ3v) is 6.53. The lowest BCUT2D eigenvalue weighted by Crippen LogP contribution is -2.17. The number of anilines is 4. The van der Waals surface area contributed by atoms with Crippen LogP contribution in [0.15, 0.2) is 133 Å². The van der Waals surface area contributed by atoms with Crippen molar-refractivity contribution in [3.05, 3.63) is 156 Å². The molecule has 0 aromatic heterocycles. The highest BCUT2D eigenvalue weighted by Gasteiger charge is 2.12. The first kappa shape index (κ1) is 23.4. The molecular weight excluding hydrogens is 436 g/mol. The van der Waals surface area contributed by atoms with Crippen LogP contribution >= 0.6 is 0 Å². The lowest BCUT2D eigenvalue weighted by atomic mass is 10.1. The number of nitrogens with zero attached hydrogens (tertiary/aromatic N) is 2. The quantitative estimate of drug-likeness (QED) is 0.224. The molecule has 0 fully saturated rings. The summed E-state index contributed by atoms with van der Waals surface area (Å²) in [5.41, 5.74) is 9.89. The van der Waals surface area contributed by atoms with Crippen molar-refractivity contribution in [1.82, 2.24) is 0 Å². The molecule has 0 radical (unpaired) electrons. The van der Waals surface area contributed by atoms with Gasteiger partial charge >= 0.3 is 0 Å². The highest BCUT2D eigenvalue weighted by Crippen LogP contribution is 2.30. The monoisotopic (exact) mass is 468 g/mol. The molecule has 0 atom stereocenters. The first-order chi connectivity index (χ1) is 17.7. The van der Waals surface area contributed by atoms with Gasteiger partial charge < -0.3 is 9.80 Å². The minimum atomic E-state index is 0.813. The Hall–Kier alpha value is -4.30. The van der Waals surface area contributed by atoms with Crippen molar-refractivity contribution in [3.63, 3.8) is 0 Å². The normalized spacial score (nSPS) is 10.7. The van der Waals surface area contributed by atoms with Crippen molar-refractivity contribution in [2.75, 3.05) is 9.80 Å². The summed E-state index contributed by atoms with van der Waals surface area (Å²) < 4.78 is 0. The highest BCUT2D eigenvalue weighted by atomic mass is 15.1. The van der Waals surface area contributed by atoms with Crippen LogP contribution in [0.1, 0.15) is 22.3 Å². The molecule has 178 valence electrons. The molecule has 0 bridgehead atoms. The first-order valence-electron chi connectivity index (χ1n) is 12.5. The van der Waals surface area contributed by atoms with Gasteiger partial charge in [-0.15, -0.1) is 0 Å². The topological polar surface area (TPSA) is 6.48 Å². The van der Waals surface area contributed by atoms with E-state index in [4.69, 9.17) is 0 Å². The van der Waals surface area contributed by atoms with Crippen LogP contribution in [0, 0.1) is 13.8 Å². The molecule has 0 aliphatic carbocycles. The maximum Gasteiger partial charge on any atom is 0.0481 e. The highest BCUT2D eigenvalue weighted by molar-refractivity contribution is 5.65. The van der Waals surface area contributed by atoms with Gasteiger partial charge in [-0.25, -0.2) is 0 Å². The van der Waals surface area contributed by atoms with E-state index in [1.165, 1.54) is 45.0 Å². The van der Waals surface area contributed by atoms with Gasteiger partial charge in [-0.2, -0.15) is 0 Å². The average molecular weight is 469 g/mol. The summed E-state index contributed by atoms with van der Waals surface area (Å²) in [6.45, 7) is 5.89. The molecule has 5 aromatic carbocycles. The molecule has 5 rings (SSSR count).